The van der Waals surface area contributed by atoms with Crippen molar-refractivity contribution < 1.29 is 9.84 Å². The van der Waals surface area contributed by atoms with Gasteiger partial charge < -0.3 is 20.1 Å². The van der Waals surface area contributed by atoms with Crippen LogP contribution in [0.15, 0.2) is 36.7 Å². The number of aromatic nitrogens is 4. The largest absolute Gasteiger partial charge is 0.507 e. The third-order valence-corrected chi connectivity index (χ3v) is 6.66. The Labute approximate surface area is 192 Å². The molecule has 0 spiro atoms. The molecule has 2 aliphatic rings. The Kier molecular flexibility index (Phi) is 5.52. The maximum Gasteiger partial charge on any atom is 0.185 e. The predicted molar refractivity (Wildman–Crippen MR) is 123 cm³/mol. The first-order chi connectivity index (χ1) is 16.1. The monoisotopic (exact) mass is 443 g/mol. The molecule has 1 aromatic carbocycles. The molecule has 9 heteroatoms. The Morgan fingerprint density at radius 1 is 1.09 bits per heavy atom. The molecule has 2 aliphatic heterocycles. The molecule has 2 aromatic heterocycles. The minimum Gasteiger partial charge on any atom is -0.507 e. The van der Waals surface area contributed by atoms with Gasteiger partial charge in [-0.05, 0) is 49.4 Å². The van der Waals surface area contributed by atoms with Crippen molar-refractivity contribution in [3.8, 4) is 40.1 Å². The minimum atomic E-state index is 0.0358. The zero-order chi connectivity index (χ0) is 22.9. The van der Waals surface area contributed by atoms with E-state index in [4.69, 9.17) is 10.00 Å². The number of hydrogen-bond acceptors (Lipinski definition) is 9. The van der Waals surface area contributed by atoms with Crippen molar-refractivity contribution in [2.75, 3.05) is 19.1 Å². The highest BCUT2D eigenvalue weighted by Crippen LogP contribution is 2.34. The van der Waals surface area contributed by atoms with Gasteiger partial charge in [0.2, 0.25) is 0 Å². The lowest BCUT2D eigenvalue weighted by Crippen LogP contribution is -2.47. The number of nitrogens with zero attached hydrogens (tertiary/aromatic N) is 6. The van der Waals surface area contributed by atoms with Crippen LogP contribution in [0.2, 0.25) is 0 Å². The average molecular weight is 444 g/mol. The first-order valence-electron chi connectivity index (χ1n) is 11.0. The van der Waals surface area contributed by atoms with Crippen molar-refractivity contribution in [2.45, 2.75) is 43.8 Å². The normalized spacial score (nSPS) is 21.4. The van der Waals surface area contributed by atoms with Crippen LogP contribution < -0.4 is 15.0 Å². The van der Waals surface area contributed by atoms with Crippen LogP contribution in [0, 0.1) is 11.3 Å². The lowest BCUT2D eigenvalue weighted by Gasteiger charge is -2.35. The number of methoxy groups -OCH3 is 1. The standard InChI is InChI=1S/C24H25N7O2/c1-31(18-9-16-4-5-17(10-18)28-16)23-13-27-24(30-29-23)19-6-3-14(7-21(19)32)15-8-22(33-2)20(11-25)26-12-15/h3,6-8,12-13,16-18,28,32H,4-5,9-10H2,1-2H3/t16-,17+,18?. The first kappa shape index (κ1) is 21.1. The van der Waals surface area contributed by atoms with E-state index in [9.17, 15) is 5.11 Å². The zero-order valence-electron chi connectivity index (χ0n) is 18.6. The molecular weight excluding hydrogens is 418 g/mol. The van der Waals surface area contributed by atoms with Crippen LogP contribution in [0.25, 0.3) is 22.5 Å². The first-order valence-corrected chi connectivity index (χ1v) is 11.0. The highest BCUT2D eigenvalue weighted by atomic mass is 16.5. The molecule has 3 aromatic rings. The second-order valence-corrected chi connectivity index (χ2v) is 8.63. The summed E-state index contributed by atoms with van der Waals surface area (Å²) in [6.45, 7) is 0. The molecule has 4 heterocycles. The van der Waals surface area contributed by atoms with Gasteiger partial charge in [-0.1, -0.05) is 6.07 Å². The molecule has 0 aliphatic carbocycles. The van der Waals surface area contributed by atoms with Crippen LogP contribution in [0.4, 0.5) is 5.82 Å². The van der Waals surface area contributed by atoms with Gasteiger partial charge in [0.05, 0.1) is 18.9 Å². The number of phenols is 1. The van der Waals surface area contributed by atoms with Crippen LogP contribution >= 0.6 is 0 Å². The van der Waals surface area contributed by atoms with Crippen molar-refractivity contribution >= 4 is 5.82 Å². The van der Waals surface area contributed by atoms with Crippen LogP contribution in [0.1, 0.15) is 31.4 Å². The lowest BCUT2D eigenvalue weighted by atomic mass is 9.99. The molecule has 1 unspecified atom stereocenters. The van der Waals surface area contributed by atoms with Crippen molar-refractivity contribution in [3.05, 3.63) is 42.4 Å². The number of ether oxygens (including phenoxy) is 1. The summed E-state index contributed by atoms with van der Waals surface area (Å²) in [5.74, 6) is 1.51. The fourth-order valence-electron chi connectivity index (χ4n) is 4.83. The molecule has 2 bridgehead atoms. The van der Waals surface area contributed by atoms with E-state index in [-0.39, 0.29) is 11.4 Å². The molecule has 9 nitrogen and oxygen atoms in total. The van der Waals surface area contributed by atoms with Gasteiger partial charge in [0.15, 0.2) is 23.1 Å². The summed E-state index contributed by atoms with van der Waals surface area (Å²) < 4.78 is 5.23. The van der Waals surface area contributed by atoms with Gasteiger partial charge in [0, 0.05) is 36.9 Å². The minimum absolute atomic E-state index is 0.0358. The maximum absolute atomic E-state index is 10.7. The number of nitriles is 1. The number of aromatic hydroxyl groups is 1. The zero-order valence-corrected chi connectivity index (χ0v) is 18.6. The second-order valence-electron chi connectivity index (χ2n) is 8.63. The third-order valence-electron chi connectivity index (χ3n) is 6.66. The number of pyridine rings is 1. The molecule has 168 valence electrons. The Morgan fingerprint density at radius 2 is 1.88 bits per heavy atom. The number of nitrogens with one attached hydrogen (secondary N) is 1. The molecule has 3 atom stereocenters. The van der Waals surface area contributed by atoms with E-state index in [1.54, 1.807) is 30.6 Å². The summed E-state index contributed by atoms with van der Waals surface area (Å²) in [4.78, 5) is 10.8. The summed E-state index contributed by atoms with van der Waals surface area (Å²) in [6.07, 6.45) is 8.00. The Bertz CT molecular complexity index is 1200. The van der Waals surface area contributed by atoms with Crippen molar-refractivity contribution in [3.63, 3.8) is 0 Å². The van der Waals surface area contributed by atoms with Crippen molar-refractivity contribution in [1.82, 2.24) is 25.5 Å². The molecule has 2 N–H and O–H groups in total. The summed E-state index contributed by atoms with van der Waals surface area (Å²) in [5, 5.41) is 32.1. The van der Waals surface area contributed by atoms with Crippen LogP contribution in [0.3, 0.4) is 0 Å². The number of phenolic OH excluding ortho intramolecular Hbond substituents is 1. The quantitative estimate of drug-likeness (QED) is 0.613. The molecule has 33 heavy (non-hydrogen) atoms. The average Bonchev–Trinajstić information content (AvgIpc) is 3.20. The fourth-order valence-corrected chi connectivity index (χ4v) is 4.83. The number of anilines is 1. The molecule has 0 saturated carbocycles. The van der Waals surface area contributed by atoms with E-state index in [2.05, 4.69) is 30.4 Å². The topological polar surface area (TPSA) is 120 Å². The number of benzene rings is 1. The van der Waals surface area contributed by atoms with Gasteiger partial charge in [0.1, 0.15) is 11.8 Å². The smallest absolute Gasteiger partial charge is 0.185 e. The molecule has 5 rings (SSSR count). The highest BCUT2D eigenvalue weighted by molar-refractivity contribution is 5.73. The van der Waals surface area contributed by atoms with E-state index in [0.29, 0.717) is 35.3 Å². The van der Waals surface area contributed by atoms with E-state index in [1.165, 1.54) is 20.0 Å². The SMILES string of the molecule is COc1cc(-c2ccc(-c3ncc(N(C)C4C[C@H]5CC[C@@H](C4)N5)nn3)c(O)c2)cnc1C#N. The van der Waals surface area contributed by atoms with E-state index < -0.39 is 0 Å². The summed E-state index contributed by atoms with van der Waals surface area (Å²) in [7, 11) is 3.54. The van der Waals surface area contributed by atoms with Crippen molar-refractivity contribution in [1.29, 1.82) is 5.26 Å². The van der Waals surface area contributed by atoms with E-state index >= 15 is 0 Å². The molecular formula is C24H25N7O2. The number of hydrogen-bond donors (Lipinski definition) is 2. The summed E-state index contributed by atoms with van der Waals surface area (Å²) >= 11 is 0. The van der Waals surface area contributed by atoms with Gasteiger partial charge in [-0.15, -0.1) is 10.2 Å². The highest BCUT2D eigenvalue weighted by Gasteiger charge is 2.35. The predicted octanol–water partition coefficient (Wildman–Crippen LogP) is 2.91. The third kappa shape index (κ3) is 4.05. The maximum atomic E-state index is 10.7. The Morgan fingerprint density at radius 3 is 2.52 bits per heavy atom. The Hall–Kier alpha value is -3.77. The van der Waals surface area contributed by atoms with Crippen LogP contribution in [0.5, 0.6) is 11.5 Å². The summed E-state index contributed by atoms with van der Waals surface area (Å²) in [5.41, 5.74) is 2.16. The van der Waals surface area contributed by atoms with Gasteiger partial charge in [-0.25, -0.2) is 9.97 Å². The number of fused-ring (bicyclic) bond motifs is 2. The molecule has 2 saturated heterocycles. The van der Waals surface area contributed by atoms with E-state index in [1.807, 2.05) is 19.2 Å². The molecule has 2 fully saturated rings. The number of piperidine rings is 1. The van der Waals surface area contributed by atoms with Crippen LogP contribution in [-0.4, -0.2) is 57.6 Å². The van der Waals surface area contributed by atoms with Gasteiger partial charge in [0.25, 0.3) is 0 Å². The van der Waals surface area contributed by atoms with E-state index in [0.717, 1.165) is 29.8 Å². The molecule has 0 amide bonds. The number of rotatable bonds is 5. The van der Waals surface area contributed by atoms with Gasteiger partial charge in [-0.3, -0.25) is 0 Å². The van der Waals surface area contributed by atoms with Crippen molar-refractivity contribution in [2.24, 2.45) is 0 Å². The summed E-state index contributed by atoms with van der Waals surface area (Å²) in [6, 6.07) is 10.5. The fraction of sp³-hybridized carbons (Fsp3) is 0.375. The Balaban J connectivity index is 1.35. The lowest BCUT2D eigenvalue weighted by molar-refractivity contribution is 0.353. The van der Waals surface area contributed by atoms with Gasteiger partial charge in [-0.2, -0.15) is 5.26 Å². The second kappa shape index (κ2) is 8.64. The van der Waals surface area contributed by atoms with Gasteiger partial charge >= 0.3 is 0 Å². The van der Waals surface area contributed by atoms with Crippen LogP contribution in [-0.2, 0) is 0 Å². The molecule has 0 radical (unpaired) electrons.